The number of hydrogen-bond donors (Lipinski definition) is 1. The summed E-state index contributed by atoms with van der Waals surface area (Å²) in [5.74, 6) is 0.151. The molecule has 2 N–H and O–H groups in total. The highest BCUT2D eigenvalue weighted by Crippen LogP contribution is 2.16. The van der Waals surface area contributed by atoms with Crippen LogP contribution in [-0.2, 0) is 29.7 Å². The maximum atomic E-state index is 10.8. The fraction of sp³-hybridized carbons (Fsp3) is 0.412. The van der Waals surface area contributed by atoms with Crippen molar-refractivity contribution < 1.29 is 14.3 Å². The van der Waals surface area contributed by atoms with E-state index in [1.165, 1.54) is 0 Å². The lowest BCUT2D eigenvalue weighted by atomic mass is 10.2. The van der Waals surface area contributed by atoms with E-state index >= 15 is 0 Å². The van der Waals surface area contributed by atoms with Crippen molar-refractivity contribution in [1.82, 2.24) is 14.7 Å². The van der Waals surface area contributed by atoms with E-state index in [1.807, 2.05) is 43.7 Å². The van der Waals surface area contributed by atoms with Crippen molar-refractivity contribution in [3.63, 3.8) is 0 Å². The molecule has 0 saturated heterocycles. The monoisotopic (exact) mass is 332 g/mol. The van der Waals surface area contributed by atoms with Crippen molar-refractivity contribution in [2.45, 2.75) is 13.1 Å². The molecule has 0 radical (unpaired) electrons. The molecule has 2 rings (SSSR count). The molecule has 24 heavy (non-hydrogen) atoms. The maximum Gasteiger partial charge on any atom is 0.255 e. The molecule has 130 valence electrons. The zero-order valence-corrected chi connectivity index (χ0v) is 14.1. The minimum atomic E-state index is -0.487. The Kier molecular flexibility index (Phi) is 6.77. The molecule has 1 amide bonds. The van der Waals surface area contributed by atoms with E-state index < -0.39 is 5.91 Å². The number of hydrogen-bond acceptors (Lipinski definition) is 5. The number of ether oxygens (including phenoxy) is 2. The quantitative estimate of drug-likeness (QED) is 0.700. The van der Waals surface area contributed by atoms with Crippen LogP contribution < -0.4 is 10.5 Å². The van der Waals surface area contributed by atoms with Crippen LogP contribution in [-0.4, -0.2) is 47.5 Å². The zero-order chi connectivity index (χ0) is 17.4. The van der Waals surface area contributed by atoms with E-state index in [0.717, 1.165) is 30.8 Å². The SMILES string of the molecule is COCCN(Cc1cccc(OCC(N)=O)c1)Cc1cnn(C)c1. The number of rotatable bonds is 10. The summed E-state index contributed by atoms with van der Waals surface area (Å²) in [5.41, 5.74) is 7.35. The van der Waals surface area contributed by atoms with Gasteiger partial charge in [-0.15, -0.1) is 0 Å². The van der Waals surface area contributed by atoms with Crippen molar-refractivity contribution in [2.24, 2.45) is 12.8 Å². The number of methoxy groups -OCH3 is 1. The molecule has 7 nitrogen and oxygen atoms in total. The molecule has 0 aliphatic carbocycles. The fourth-order valence-corrected chi connectivity index (χ4v) is 2.39. The summed E-state index contributed by atoms with van der Waals surface area (Å²) in [6.45, 7) is 2.86. The number of carbonyl (C=O) groups excluding carboxylic acids is 1. The van der Waals surface area contributed by atoms with Crippen molar-refractivity contribution in [2.75, 3.05) is 26.9 Å². The Morgan fingerprint density at radius 3 is 2.79 bits per heavy atom. The minimum Gasteiger partial charge on any atom is -0.484 e. The van der Waals surface area contributed by atoms with Crippen LogP contribution in [0.15, 0.2) is 36.7 Å². The van der Waals surface area contributed by atoms with Gasteiger partial charge in [0.1, 0.15) is 5.75 Å². The van der Waals surface area contributed by atoms with Crippen LogP contribution in [0.4, 0.5) is 0 Å². The van der Waals surface area contributed by atoms with Gasteiger partial charge in [0.05, 0.1) is 12.8 Å². The summed E-state index contributed by atoms with van der Waals surface area (Å²) in [7, 11) is 3.60. The summed E-state index contributed by atoms with van der Waals surface area (Å²) in [6.07, 6.45) is 3.87. The molecule has 0 saturated carbocycles. The lowest BCUT2D eigenvalue weighted by Gasteiger charge is -2.21. The first-order chi connectivity index (χ1) is 11.6. The van der Waals surface area contributed by atoms with Crippen LogP contribution in [0.3, 0.4) is 0 Å². The van der Waals surface area contributed by atoms with E-state index in [1.54, 1.807) is 11.8 Å². The Morgan fingerprint density at radius 2 is 2.12 bits per heavy atom. The van der Waals surface area contributed by atoms with Gasteiger partial charge < -0.3 is 15.2 Å². The molecular weight excluding hydrogens is 308 g/mol. The van der Waals surface area contributed by atoms with Crippen LogP contribution in [0.2, 0.25) is 0 Å². The van der Waals surface area contributed by atoms with Gasteiger partial charge in [0, 0.05) is 45.6 Å². The van der Waals surface area contributed by atoms with E-state index in [-0.39, 0.29) is 6.61 Å². The lowest BCUT2D eigenvalue weighted by molar-refractivity contribution is -0.119. The number of nitrogens with two attached hydrogens (primary N) is 1. The first-order valence-corrected chi connectivity index (χ1v) is 7.75. The summed E-state index contributed by atoms with van der Waals surface area (Å²) in [4.78, 5) is 13.1. The van der Waals surface area contributed by atoms with Crippen molar-refractivity contribution >= 4 is 5.91 Å². The third kappa shape index (κ3) is 6.02. The number of aryl methyl sites for hydroxylation is 1. The van der Waals surface area contributed by atoms with Gasteiger partial charge in [0.25, 0.3) is 5.91 Å². The molecule has 1 heterocycles. The Bertz CT molecular complexity index is 657. The second-order valence-corrected chi connectivity index (χ2v) is 5.63. The Labute approximate surface area is 142 Å². The number of nitrogens with zero attached hydrogens (tertiary/aromatic N) is 3. The van der Waals surface area contributed by atoms with Gasteiger partial charge in [-0.1, -0.05) is 12.1 Å². The van der Waals surface area contributed by atoms with Gasteiger partial charge in [-0.25, -0.2) is 0 Å². The topological polar surface area (TPSA) is 82.6 Å². The average molecular weight is 332 g/mol. The maximum absolute atomic E-state index is 10.8. The molecule has 7 heteroatoms. The van der Waals surface area contributed by atoms with Crippen LogP contribution >= 0.6 is 0 Å². The molecule has 0 bridgehead atoms. The molecule has 0 atom stereocenters. The summed E-state index contributed by atoms with van der Waals surface area (Å²) in [6, 6.07) is 7.67. The van der Waals surface area contributed by atoms with Crippen LogP contribution in [0, 0.1) is 0 Å². The normalized spacial score (nSPS) is 11.0. The summed E-state index contributed by atoms with van der Waals surface area (Å²) in [5, 5.41) is 4.21. The number of amides is 1. The van der Waals surface area contributed by atoms with Gasteiger partial charge in [-0.2, -0.15) is 5.10 Å². The first-order valence-electron chi connectivity index (χ1n) is 7.75. The highest BCUT2D eigenvalue weighted by molar-refractivity contribution is 5.75. The highest BCUT2D eigenvalue weighted by Gasteiger charge is 2.09. The third-order valence-corrected chi connectivity index (χ3v) is 3.46. The van der Waals surface area contributed by atoms with Crippen molar-refractivity contribution in [1.29, 1.82) is 0 Å². The standard InChI is InChI=1S/C17H24N4O3/c1-20-10-15(9-19-20)12-21(6-7-23-2)11-14-4-3-5-16(8-14)24-13-17(18)22/h3-5,8-10H,6-7,11-13H2,1-2H3,(H2,18,22). The van der Waals surface area contributed by atoms with Crippen LogP contribution in [0.5, 0.6) is 5.75 Å². The Morgan fingerprint density at radius 1 is 1.33 bits per heavy atom. The largest absolute Gasteiger partial charge is 0.484 e. The Hall–Kier alpha value is -2.38. The van der Waals surface area contributed by atoms with Crippen LogP contribution in [0.1, 0.15) is 11.1 Å². The molecule has 0 aliphatic rings. The molecule has 2 aromatic rings. The van der Waals surface area contributed by atoms with Gasteiger partial charge in [-0.05, 0) is 17.7 Å². The fourth-order valence-electron chi connectivity index (χ4n) is 2.39. The van der Waals surface area contributed by atoms with Crippen molar-refractivity contribution in [3.8, 4) is 5.75 Å². The molecule has 0 spiro atoms. The predicted molar refractivity (Wildman–Crippen MR) is 90.3 cm³/mol. The predicted octanol–water partition coefficient (Wildman–Crippen LogP) is 0.933. The number of aromatic nitrogens is 2. The molecule has 0 unspecified atom stereocenters. The number of carbonyl (C=O) groups is 1. The van der Waals surface area contributed by atoms with Gasteiger partial charge in [0.2, 0.25) is 0 Å². The number of benzene rings is 1. The van der Waals surface area contributed by atoms with Gasteiger partial charge >= 0.3 is 0 Å². The van der Waals surface area contributed by atoms with E-state index in [0.29, 0.717) is 12.4 Å². The Balaban J connectivity index is 2.02. The molecule has 1 aromatic heterocycles. The first kappa shape index (κ1) is 18.0. The molecule has 0 aliphatic heterocycles. The van der Waals surface area contributed by atoms with E-state index in [9.17, 15) is 4.79 Å². The second kappa shape index (κ2) is 9.05. The van der Waals surface area contributed by atoms with E-state index in [4.69, 9.17) is 15.2 Å². The highest BCUT2D eigenvalue weighted by atomic mass is 16.5. The smallest absolute Gasteiger partial charge is 0.255 e. The average Bonchev–Trinajstić information content (AvgIpc) is 2.96. The number of primary amides is 1. The molecule has 1 aromatic carbocycles. The molecular formula is C17H24N4O3. The lowest BCUT2D eigenvalue weighted by Crippen LogP contribution is -2.26. The summed E-state index contributed by atoms with van der Waals surface area (Å²) >= 11 is 0. The van der Waals surface area contributed by atoms with Gasteiger partial charge in [-0.3, -0.25) is 14.4 Å². The minimum absolute atomic E-state index is 0.119. The summed E-state index contributed by atoms with van der Waals surface area (Å²) < 4.78 is 12.4. The molecule has 0 fully saturated rings. The second-order valence-electron chi connectivity index (χ2n) is 5.63. The zero-order valence-electron chi connectivity index (χ0n) is 14.1. The van der Waals surface area contributed by atoms with E-state index in [2.05, 4.69) is 10.00 Å². The third-order valence-electron chi connectivity index (χ3n) is 3.46. The van der Waals surface area contributed by atoms with Crippen LogP contribution in [0.25, 0.3) is 0 Å². The van der Waals surface area contributed by atoms with Crippen molar-refractivity contribution in [3.05, 3.63) is 47.8 Å². The van der Waals surface area contributed by atoms with Gasteiger partial charge in [0.15, 0.2) is 6.61 Å².